The zero-order valence-corrected chi connectivity index (χ0v) is 13.4. The Labute approximate surface area is 134 Å². The summed E-state index contributed by atoms with van der Waals surface area (Å²) in [6.45, 7) is 5.15. The molecule has 0 saturated heterocycles. The highest BCUT2D eigenvalue weighted by Gasteiger charge is 2.17. The zero-order chi connectivity index (χ0) is 17.9. The Bertz CT molecular complexity index is 477. The Hall–Kier alpha value is -2.19. The minimum Gasteiger partial charge on any atom is -0.480 e. The van der Waals surface area contributed by atoms with E-state index >= 15 is 0 Å². The molecule has 0 aromatic heterocycles. The monoisotopic (exact) mass is 330 g/mol. The highest BCUT2D eigenvalue weighted by Crippen LogP contribution is 2.04. The Kier molecular flexibility index (Phi) is 9.52. The van der Waals surface area contributed by atoms with Gasteiger partial charge in [-0.05, 0) is 30.9 Å². The van der Waals surface area contributed by atoms with Gasteiger partial charge in [-0.1, -0.05) is 30.3 Å². The van der Waals surface area contributed by atoms with Crippen molar-refractivity contribution in [3.8, 4) is 0 Å². The topological polar surface area (TPSA) is 111 Å². The van der Waals surface area contributed by atoms with Gasteiger partial charge in [-0.25, -0.2) is 4.79 Å². The predicted molar refractivity (Wildman–Crippen MR) is 82.2 cm³/mol. The molecule has 0 aliphatic carbocycles. The van der Waals surface area contributed by atoms with E-state index in [0.717, 1.165) is 5.56 Å². The number of carboxylic acid groups (broad SMARTS) is 1. The lowest BCUT2D eigenvalue weighted by Gasteiger charge is -2.16. The van der Waals surface area contributed by atoms with E-state index in [0.29, 0.717) is 6.54 Å². The summed E-state index contributed by atoms with van der Waals surface area (Å²) in [6, 6.07) is 8.22. The van der Waals surface area contributed by atoms with Gasteiger partial charge < -0.3 is 15.6 Å². The number of nitrogens with two attached hydrogens (primary N) is 1. The van der Waals surface area contributed by atoms with Crippen LogP contribution in [-0.2, 0) is 21.0 Å². The number of ether oxygens (including phenoxy) is 1. The van der Waals surface area contributed by atoms with Crippen LogP contribution in [0.1, 0.15) is 26.3 Å². The maximum atomic E-state index is 11.5. The number of carboxylic acids is 1. The normalized spacial score (nSPS) is 11.8. The number of carbonyl (C=O) groups is 2. The summed E-state index contributed by atoms with van der Waals surface area (Å²) in [4.78, 5) is 23.9. The number of hydrogen-bond donors (Lipinski definition) is 3. The quantitative estimate of drug-likeness (QED) is 0.736. The first-order chi connectivity index (χ1) is 10.7. The van der Waals surface area contributed by atoms with E-state index in [2.05, 4.69) is 15.0 Å². The number of rotatable bonds is 6. The number of nitrogens with one attached hydrogen (secondary N) is 1. The number of aliphatic carboxylic acids is 1. The summed E-state index contributed by atoms with van der Waals surface area (Å²) in [6.07, 6.45) is -0.725. The average Bonchev–Trinajstić information content (AvgIpc) is 2.42. The third-order valence-corrected chi connectivity index (χ3v) is 2.33. The van der Waals surface area contributed by atoms with E-state index in [1.54, 1.807) is 20.8 Å². The molecule has 1 aromatic carbocycles. The van der Waals surface area contributed by atoms with Gasteiger partial charge in [0.15, 0.2) is 0 Å². The van der Waals surface area contributed by atoms with Gasteiger partial charge in [-0.2, -0.15) is 4.94 Å². The molecule has 0 fully saturated rings. The number of amides is 1. The van der Waals surface area contributed by atoms with Crippen molar-refractivity contribution in [2.24, 2.45) is 5.73 Å². The standard InChI is InChI=1S/C10H12FNO3.C5H11NO2/c11-15-7-9(10(13)14)12-6-8-4-2-1-3-5-8;1-5(2,3)8-4(6)7/h1-5,9,12H,6-7H2,(H,13,14);1-3H3,(H2,6,7)/t9-;/m1./s1. The van der Waals surface area contributed by atoms with E-state index in [1.807, 2.05) is 30.3 Å². The highest BCUT2D eigenvalue weighted by molar-refractivity contribution is 5.73. The molecule has 0 saturated carbocycles. The molecule has 0 bridgehead atoms. The largest absolute Gasteiger partial charge is 0.480 e. The molecule has 0 heterocycles. The summed E-state index contributed by atoms with van der Waals surface area (Å²) in [5.41, 5.74) is 5.20. The molecule has 8 heteroatoms. The molecule has 0 aliphatic rings. The van der Waals surface area contributed by atoms with Crippen LogP contribution in [0.5, 0.6) is 0 Å². The molecule has 0 spiro atoms. The van der Waals surface area contributed by atoms with Gasteiger partial charge in [0.25, 0.3) is 0 Å². The van der Waals surface area contributed by atoms with Crippen molar-refractivity contribution >= 4 is 12.1 Å². The van der Waals surface area contributed by atoms with Crippen LogP contribution in [-0.4, -0.2) is 35.4 Å². The molecular weight excluding hydrogens is 307 g/mol. The van der Waals surface area contributed by atoms with Gasteiger partial charge >= 0.3 is 12.1 Å². The van der Waals surface area contributed by atoms with Gasteiger partial charge in [0.05, 0.1) is 0 Å². The zero-order valence-electron chi connectivity index (χ0n) is 13.4. The second-order valence-electron chi connectivity index (χ2n) is 5.57. The average molecular weight is 330 g/mol. The number of carbonyl (C=O) groups excluding carboxylic acids is 1. The van der Waals surface area contributed by atoms with Crippen LogP contribution in [0, 0.1) is 0 Å². The molecule has 0 unspecified atom stereocenters. The lowest BCUT2D eigenvalue weighted by molar-refractivity contribution is -0.159. The molecule has 0 aliphatic heterocycles. The van der Waals surface area contributed by atoms with E-state index < -0.39 is 30.3 Å². The number of benzene rings is 1. The molecule has 23 heavy (non-hydrogen) atoms. The molecule has 0 radical (unpaired) electrons. The van der Waals surface area contributed by atoms with Crippen LogP contribution < -0.4 is 11.1 Å². The van der Waals surface area contributed by atoms with Gasteiger partial charge in [0.1, 0.15) is 18.2 Å². The highest BCUT2D eigenvalue weighted by atomic mass is 19.3. The van der Waals surface area contributed by atoms with Gasteiger partial charge in [-0.15, -0.1) is 0 Å². The Morgan fingerprint density at radius 2 is 1.87 bits per heavy atom. The van der Waals surface area contributed by atoms with Crippen molar-refractivity contribution in [3.05, 3.63) is 35.9 Å². The fraction of sp³-hybridized carbons (Fsp3) is 0.467. The van der Waals surface area contributed by atoms with Crippen LogP contribution >= 0.6 is 0 Å². The van der Waals surface area contributed by atoms with Gasteiger partial charge in [0, 0.05) is 6.54 Å². The summed E-state index contributed by atoms with van der Waals surface area (Å²) < 4.78 is 16.1. The minimum absolute atomic E-state index is 0.362. The van der Waals surface area contributed by atoms with Crippen molar-refractivity contribution in [1.82, 2.24) is 5.32 Å². The van der Waals surface area contributed by atoms with Crippen LogP contribution in [0.15, 0.2) is 30.3 Å². The minimum atomic E-state index is -1.14. The molecule has 130 valence electrons. The number of primary amides is 1. The van der Waals surface area contributed by atoms with E-state index in [4.69, 9.17) is 10.8 Å². The molecule has 1 aromatic rings. The molecular formula is C15H23FN2O5. The van der Waals surface area contributed by atoms with Crippen LogP contribution in [0.2, 0.25) is 0 Å². The molecule has 7 nitrogen and oxygen atoms in total. The third kappa shape index (κ3) is 12.1. The first-order valence-corrected chi connectivity index (χ1v) is 6.88. The van der Waals surface area contributed by atoms with Crippen molar-refractivity contribution in [3.63, 3.8) is 0 Å². The third-order valence-electron chi connectivity index (χ3n) is 2.33. The van der Waals surface area contributed by atoms with Crippen LogP contribution in [0.4, 0.5) is 9.32 Å². The van der Waals surface area contributed by atoms with Crippen molar-refractivity contribution in [2.45, 2.75) is 39.0 Å². The second-order valence-corrected chi connectivity index (χ2v) is 5.57. The summed E-state index contributed by atoms with van der Waals surface area (Å²) >= 11 is 0. The molecule has 1 atom stereocenters. The van der Waals surface area contributed by atoms with E-state index in [1.165, 1.54) is 0 Å². The summed E-state index contributed by atoms with van der Waals surface area (Å²) in [5.74, 6) is -1.14. The maximum absolute atomic E-state index is 11.5. The summed E-state index contributed by atoms with van der Waals surface area (Å²) in [7, 11) is 0. The maximum Gasteiger partial charge on any atom is 0.405 e. The van der Waals surface area contributed by atoms with E-state index in [9.17, 15) is 14.1 Å². The number of hydrogen-bond acceptors (Lipinski definition) is 5. The summed E-state index contributed by atoms with van der Waals surface area (Å²) in [5, 5.41) is 11.3. The van der Waals surface area contributed by atoms with Crippen molar-refractivity contribution in [2.75, 3.05) is 6.61 Å². The van der Waals surface area contributed by atoms with Crippen LogP contribution in [0.25, 0.3) is 0 Å². The predicted octanol–water partition coefficient (Wildman–Crippen LogP) is 2.01. The van der Waals surface area contributed by atoms with E-state index in [-0.39, 0.29) is 0 Å². The van der Waals surface area contributed by atoms with Crippen LogP contribution in [0.3, 0.4) is 0 Å². The SMILES string of the molecule is CC(C)(C)OC(N)=O.O=C(O)[C@@H](COF)NCc1ccccc1. The lowest BCUT2D eigenvalue weighted by atomic mass is 10.2. The van der Waals surface area contributed by atoms with Crippen molar-refractivity contribution in [1.29, 1.82) is 0 Å². The smallest absolute Gasteiger partial charge is 0.405 e. The Balaban J connectivity index is 0.000000515. The first-order valence-electron chi connectivity index (χ1n) is 6.88. The van der Waals surface area contributed by atoms with Crippen molar-refractivity contribution < 1.29 is 28.9 Å². The Morgan fingerprint density at radius 1 is 1.30 bits per heavy atom. The van der Waals surface area contributed by atoms with Gasteiger partial charge in [0.2, 0.25) is 0 Å². The number of halogens is 1. The Morgan fingerprint density at radius 3 is 2.22 bits per heavy atom. The lowest BCUT2D eigenvalue weighted by Crippen LogP contribution is -2.39. The van der Waals surface area contributed by atoms with Gasteiger partial charge in [-0.3, -0.25) is 10.1 Å². The molecule has 4 N–H and O–H groups in total. The fourth-order valence-electron chi connectivity index (χ4n) is 1.42. The second kappa shape index (κ2) is 10.5. The molecule has 1 amide bonds. The first kappa shape index (κ1) is 20.8. The fourth-order valence-corrected chi connectivity index (χ4v) is 1.42. The molecule has 1 rings (SSSR count).